The second-order valence-electron chi connectivity index (χ2n) is 6.51. The number of hydrogen-bond donors (Lipinski definition) is 2. The smallest absolute Gasteiger partial charge is 0.317 e. The number of piperidine rings is 1. The van der Waals surface area contributed by atoms with Crippen molar-refractivity contribution in [2.45, 2.75) is 31.8 Å². The van der Waals surface area contributed by atoms with Gasteiger partial charge in [-0.25, -0.2) is 4.79 Å². The molecule has 138 valence electrons. The van der Waals surface area contributed by atoms with Crippen LogP contribution in [-0.2, 0) is 0 Å². The van der Waals surface area contributed by atoms with Crippen LogP contribution in [0.5, 0.6) is 0 Å². The molecule has 0 aliphatic carbocycles. The molecule has 8 heteroatoms. The lowest BCUT2D eigenvalue weighted by Crippen LogP contribution is -2.48. The average Bonchev–Trinajstić information content (AvgIpc) is 2.56. The van der Waals surface area contributed by atoms with E-state index in [0.717, 1.165) is 25.9 Å². The van der Waals surface area contributed by atoms with Crippen LogP contribution >= 0.6 is 23.2 Å². The average molecular weight is 387 g/mol. The molecular weight excluding hydrogens is 363 g/mol. The second kappa shape index (κ2) is 8.25. The van der Waals surface area contributed by atoms with E-state index in [-0.39, 0.29) is 33.7 Å². The molecule has 3 N–H and O–H groups in total. The zero-order valence-electron chi connectivity index (χ0n) is 14.7. The van der Waals surface area contributed by atoms with Gasteiger partial charge in [0, 0.05) is 13.1 Å². The number of likely N-dealkylation sites (tertiary alicyclic amines) is 1. The van der Waals surface area contributed by atoms with Crippen molar-refractivity contribution in [2.24, 2.45) is 5.73 Å². The van der Waals surface area contributed by atoms with Gasteiger partial charge in [-0.1, -0.05) is 29.3 Å². The number of nitrogens with one attached hydrogen (secondary N) is 1. The predicted molar refractivity (Wildman–Crippen MR) is 100 cm³/mol. The number of carbonyl (C=O) groups is 2. The molecule has 1 aliphatic heterocycles. The van der Waals surface area contributed by atoms with Crippen molar-refractivity contribution in [2.75, 3.05) is 27.2 Å². The molecule has 3 amide bonds. The summed E-state index contributed by atoms with van der Waals surface area (Å²) in [7, 11) is 3.89. The monoisotopic (exact) mass is 386 g/mol. The number of amides is 3. The summed E-state index contributed by atoms with van der Waals surface area (Å²) < 4.78 is 0. The van der Waals surface area contributed by atoms with E-state index >= 15 is 0 Å². The van der Waals surface area contributed by atoms with Crippen LogP contribution in [0.25, 0.3) is 0 Å². The molecule has 1 aromatic rings. The molecule has 1 atom stereocenters. The summed E-state index contributed by atoms with van der Waals surface area (Å²) in [6.07, 6.45) is 1.91. The second-order valence-corrected chi connectivity index (χ2v) is 7.27. The van der Waals surface area contributed by atoms with E-state index in [1.807, 2.05) is 14.0 Å². The Hall–Kier alpha value is -1.50. The minimum Gasteiger partial charge on any atom is -0.366 e. The lowest BCUT2D eigenvalue weighted by molar-refractivity contribution is 0.100. The SMILES string of the molecule is CC(NC(=O)N(C)C1CCN(C)CC1)c1ccc(C(N)=O)c(Cl)c1Cl. The number of urea groups is 1. The Morgan fingerprint density at radius 3 is 2.44 bits per heavy atom. The quantitative estimate of drug-likeness (QED) is 0.834. The topological polar surface area (TPSA) is 78.7 Å². The highest BCUT2D eigenvalue weighted by molar-refractivity contribution is 6.44. The number of rotatable bonds is 4. The Bertz CT molecular complexity index is 660. The van der Waals surface area contributed by atoms with E-state index in [9.17, 15) is 9.59 Å². The van der Waals surface area contributed by atoms with Crippen LogP contribution in [0.15, 0.2) is 12.1 Å². The maximum atomic E-state index is 12.5. The molecule has 0 aromatic heterocycles. The third-order valence-corrected chi connectivity index (χ3v) is 5.64. The molecule has 0 saturated carbocycles. The third-order valence-electron chi connectivity index (χ3n) is 4.74. The molecule has 1 saturated heterocycles. The largest absolute Gasteiger partial charge is 0.366 e. The van der Waals surface area contributed by atoms with Crippen molar-refractivity contribution >= 4 is 35.1 Å². The minimum atomic E-state index is -0.642. The van der Waals surface area contributed by atoms with Crippen molar-refractivity contribution in [3.63, 3.8) is 0 Å². The maximum Gasteiger partial charge on any atom is 0.317 e. The molecule has 0 radical (unpaired) electrons. The van der Waals surface area contributed by atoms with Gasteiger partial charge in [-0.2, -0.15) is 0 Å². The first-order valence-electron chi connectivity index (χ1n) is 8.22. The number of halogens is 2. The maximum absolute atomic E-state index is 12.5. The number of benzene rings is 1. The van der Waals surface area contributed by atoms with Gasteiger partial charge in [0.05, 0.1) is 21.7 Å². The van der Waals surface area contributed by atoms with Gasteiger partial charge >= 0.3 is 6.03 Å². The molecule has 1 unspecified atom stereocenters. The first-order chi connectivity index (χ1) is 11.7. The van der Waals surface area contributed by atoms with Gasteiger partial charge in [0.25, 0.3) is 0 Å². The lowest BCUT2D eigenvalue weighted by atomic mass is 10.0. The van der Waals surface area contributed by atoms with E-state index in [1.165, 1.54) is 6.07 Å². The number of carbonyl (C=O) groups excluding carboxylic acids is 2. The van der Waals surface area contributed by atoms with E-state index in [2.05, 4.69) is 17.3 Å². The standard InChI is InChI=1S/C17H24Cl2N4O2/c1-10(12-4-5-13(16(20)24)15(19)14(12)18)21-17(25)23(3)11-6-8-22(2)9-7-11/h4-5,10-11H,6-9H2,1-3H3,(H2,20,24)(H,21,25). The van der Waals surface area contributed by atoms with Crippen LogP contribution in [0.3, 0.4) is 0 Å². The molecule has 1 aliphatic rings. The van der Waals surface area contributed by atoms with Gasteiger partial charge in [0.15, 0.2) is 0 Å². The fourth-order valence-electron chi connectivity index (χ4n) is 3.00. The number of hydrogen-bond acceptors (Lipinski definition) is 3. The van der Waals surface area contributed by atoms with Crippen LogP contribution in [-0.4, -0.2) is 55.0 Å². The summed E-state index contributed by atoms with van der Waals surface area (Å²) in [5.74, 6) is -0.642. The molecule has 1 heterocycles. The number of nitrogens with two attached hydrogens (primary N) is 1. The zero-order valence-corrected chi connectivity index (χ0v) is 16.2. The lowest BCUT2D eigenvalue weighted by Gasteiger charge is -2.35. The van der Waals surface area contributed by atoms with Crippen molar-refractivity contribution in [3.8, 4) is 0 Å². The molecular formula is C17H24Cl2N4O2. The first-order valence-corrected chi connectivity index (χ1v) is 8.97. The van der Waals surface area contributed by atoms with Crippen molar-refractivity contribution in [3.05, 3.63) is 33.3 Å². The number of nitrogens with zero attached hydrogens (tertiary/aromatic N) is 2. The Kier molecular flexibility index (Phi) is 6.54. The highest BCUT2D eigenvalue weighted by Crippen LogP contribution is 2.33. The normalized spacial score (nSPS) is 17.2. The highest BCUT2D eigenvalue weighted by atomic mass is 35.5. The predicted octanol–water partition coefficient (Wildman–Crippen LogP) is 2.89. The Morgan fingerprint density at radius 1 is 1.28 bits per heavy atom. The molecule has 1 aromatic carbocycles. The van der Waals surface area contributed by atoms with Gasteiger partial charge in [-0.3, -0.25) is 4.79 Å². The van der Waals surface area contributed by atoms with Gasteiger partial charge in [-0.05, 0) is 51.5 Å². The summed E-state index contributed by atoms with van der Waals surface area (Å²) in [5, 5.41) is 3.27. The van der Waals surface area contributed by atoms with Crippen LogP contribution in [0.4, 0.5) is 4.79 Å². The minimum absolute atomic E-state index is 0.108. The Balaban J connectivity index is 2.06. The van der Waals surface area contributed by atoms with Crippen molar-refractivity contribution in [1.29, 1.82) is 0 Å². The highest BCUT2D eigenvalue weighted by Gasteiger charge is 2.25. The Morgan fingerprint density at radius 2 is 1.88 bits per heavy atom. The molecule has 0 bridgehead atoms. The third kappa shape index (κ3) is 4.57. The van der Waals surface area contributed by atoms with Crippen molar-refractivity contribution < 1.29 is 9.59 Å². The summed E-state index contributed by atoms with van der Waals surface area (Å²) in [4.78, 5) is 27.9. The van der Waals surface area contributed by atoms with Gasteiger partial charge in [0.1, 0.15) is 0 Å². The summed E-state index contributed by atoms with van der Waals surface area (Å²) >= 11 is 12.4. The molecule has 25 heavy (non-hydrogen) atoms. The molecule has 6 nitrogen and oxygen atoms in total. The zero-order chi connectivity index (χ0) is 18.7. The van der Waals surface area contributed by atoms with E-state index < -0.39 is 5.91 Å². The van der Waals surface area contributed by atoms with Gasteiger partial charge in [0.2, 0.25) is 5.91 Å². The van der Waals surface area contributed by atoms with Crippen molar-refractivity contribution in [1.82, 2.24) is 15.1 Å². The van der Waals surface area contributed by atoms with E-state index in [4.69, 9.17) is 28.9 Å². The molecule has 1 fully saturated rings. The van der Waals surface area contributed by atoms with E-state index in [1.54, 1.807) is 11.0 Å². The van der Waals surface area contributed by atoms with E-state index in [0.29, 0.717) is 5.56 Å². The van der Waals surface area contributed by atoms with Crippen LogP contribution in [0, 0.1) is 0 Å². The van der Waals surface area contributed by atoms with Crippen LogP contribution < -0.4 is 11.1 Å². The van der Waals surface area contributed by atoms with Gasteiger partial charge in [-0.15, -0.1) is 0 Å². The summed E-state index contributed by atoms with van der Waals surface area (Å²) in [6.45, 7) is 3.78. The summed E-state index contributed by atoms with van der Waals surface area (Å²) in [5.41, 5.74) is 6.07. The van der Waals surface area contributed by atoms with Crippen LogP contribution in [0.1, 0.15) is 41.7 Å². The van der Waals surface area contributed by atoms with Crippen LogP contribution in [0.2, 0.25) is 10.0 Å². The molecule has 2 rings (SSSR count). The Labute approximate surface area is 158 Å². The summed E-state index contributed by atoms with van der Waals surface area (Å²) in [6, 6.07) is 2.89. The van der Waals surface area contributed by atoms with Gasteiger partial charge < -0.3 is 20.9 Å². The fraction of sp³-hybridized carbons (Fsp3) is 0.529. The fourth-order valence-corrected chi connectivity index (χ4v) is 3.60. The number of primary amides is 1. The molecule has 0 spiro atoms. The first kappa shape index (κ1) is 19.8.